The molecule has 2 aromatic carbocycles. The number of hydrogen-bond donors (Lipinski definition) is 0. The molecule has 0 atom stereocenters. The summed E-state index contributed by atoms with van der Waals surface area (Å²) in [6, 6.07) is 19.3. The predicted molar refractivity (Wildman–Crippen MR) is 120 cm³/mol. The van der Waals surface area contributed by atoms with Crippen LogP contribution >= 0.6 is 0 Å². The van der Waals surface area contributed by atoms with Gasteiger partial charge in [-0.1, -0.05) is 11.6 Å². The molecule has 0 fully saturated rings. The highest BCUT2D eigenvalue weighted by Crippen LogP contribution is 2.22. The molecule has 0 aliphatic heterocycles. The van der Waals surface area contributed by atoms with Gasteiger partial charge in [-0.05, 0) is 57.0 Å². The molecule has 0 saturated carbocycles. The third-order valence-corrected chi connectivity index (χ3v) is 5.61. The van der Waals surface area contributed by atoms with Crippen LogP contribution in [0.4, 0.5) is 0 Å². The SMILES string of the molecule is COc1ccc(-[n+]2ccc(-c3cc[n+](-c4ccc(C)cc4C)cc3C)cc2)c(C)c1. The van der Waals surface area contributed by atoms with Gasteiger partial charge in [0.15, 0.2) is 24.8 Å². The van der Waals surface area contributed by atoms with Gasteiger partial charge >= 0.3 is 0 Å². The van der Waals surface area contributed by atoms with Crippen molar-refractivity contribution in [3.05, 3.63) is 102 Å². The standard InChI is InChI=1S/C27H28N2O/c1-19-6-8-27(20(2)16-19)29-15-12-25(22(4)18-29)23-10-13-28(14-11-23)26-9-7-24(30-5)17-21(26)3/h6-18H,1-5H3/q+2. The van der Waals surface area contributed by atoms with E-state index in [0.717, 1.165) is 11.4 Å². The molecule has 4 aromatic rings. The highest BCUT2D eigenvalue weighted by molar-refractivity contribution is 5.65. The lowest BCUT2D eigenvalue weighted by Gasteiger charge is -2.07. The van der Waals surface area contributed by atoms with E-state index in [0.29, 0.717) is 0 Å². The van der Waals surface area contributed by atoms with Crippen LogP contribution in [0, 0.1) is 27.7 Å². The summed E-state index contributed by atoms with van der Waals surface area (Å²) >= 11 is 0. The number of pyridine rings is 2. The highest BCUT2D eigenvalue weighted by Gasteiger charge is 2.15. The summed E-state index contributed by atoms with van der Waals surface area (Å²) in [5.74, 6) is 0.880. The second-order valence-corrected chi connectivity index (χ2v) is 7.89. The molecular formula is C27H28N2O+2. The van der Waals surface area contributed by atoms with Gasteiger partial charge in [-0.3, -0.25) is 0 Å². The Morgan fingerprint density at radius 3 is 1.90 bits per heavy atom. The Kier molecular flexibility index (Phi) is 5.37. The molecule has 4 rings (SSSR count). The van der Waals surface area contributed by atoms with Gasteiger partial charge in [0.05, 0.1) is 7.11 Å². The average molecular weight is 397 g/mol. The maximum Gasteiger partial charge on any atom is 0.213 e. The lowest BCUT2D eigenvalue weighted by Crippen LogP contribution is -2.31. The Labute approximate surface area is 178 Å². The summed E-state index contributed by atoms with van der Waals surface area (Å²) in [7, 11) is 1.70. The lowest BCUT2D eigenvalue weighted by molar-refractivity contribution is -0.596. The molecule has 0 aliphatic carbocycles. The van der Waals surface area contributed by atoms with E-state index in [-0.39, 0.29) is 0 Å². The van der Waals surface area contributed by atoms with E-state index < -0.39 is 0 Å². The van der Waals surface area contributed by atoms with Crippen molar-refractivity contribution in [1.29, 1.82) is 0 Å². The van der Waals surface area contributed by atoms with Gasteiger partial charge in [0.25, 0.3) is 0 Å². The summed E-state index contributed by atoms with van der Waals surface area (Å²) in [5.41, 5.74) is 9.82. The van der Waals surface area contributed by atoms with Crippen molar-refractivity contribution in [2.75, 3.05) is 7.11 Å². The second-order valence-electron chi connectivity index (χ2n) is 7.89. The number of methoxy groups -OCH3 is 1. The van der Waals surface area contributed by atoms with Crippen LogP contribution in [0.15, 0.2) is 79.4 Å². The highest BCUT2D eigenvalue weighted by atomic mass is 16.5. The van der Waals surface area contributed by atoms with Crippen LogP contribution in [0.1, 0.15) is 22.3 Å². The number of rotatable bonds is 4. The molecule has 0 spiro atoms. The quantitative estimate of drug-likeness (QED) is 0.436. The van der Waals surface area contributed by atoms with Gasteiger partial charge in [0.1, 0.15) is 5.75 Å². The molecule has 0 amide bonds. The van der Waals surface area contributed by atoms with Crippen molar-refractivity contribution < 1.29 is 13.9 Å². The smallest absolute Gasteiger partial charge is 0.213 e. The van der Waals surface area contributed by atoms with E-state index in [1.807, 2.05) is 6.07 Å². The third kappa shape index (κ3) is 3.84. The Bertz CT molecular complexity index is 1210. The van der Waals surface area contributed by atoms with Crippen molar-refractivity contribution in [1.82, 2.24) is 0 Å². The minimum absolute atomic E-state index is 0.880. The summed E-state index contributed by atoms with van der Waals surface area (Å²) in [4.78, 5) is 0. The van der Waals surface area contributed by atoms with E-state index in [2.05, 4.69) is 110 Å². The fraction of sp³-hybridized carbons (Fsp3) is 0.185. The Morgan fingerprint density at radius 2 is 1.27 bits per heavy atom. The molecule has 2 heterocycles. The Hall–Kier alpha value is -3.46. The minimum Gasteiger partial charge on any atom is -0.497 e. The van der Waals surface area contributed by atoms with Crippen LogP contribution in [-0.2, 0) is 0 Å². The van der Waals surface area contributed by atoms with Crippen LogP contribution in [0.2, 0.25) is 0 Å². The number of aromatic nitrogens is 2. The van der Waals surface area contributed by atoms with Gasteiger partial charge in [-0.25, -0.2) is 0 Å². The first-order valence-corrected chi connectivity index (χ1v) is 10.2. The van der Waals surface area contributed by atoms with Crippen molar-refractivity contribution in [2.24, 2.45) is 0 Å². The Morgan fingerprint density at radius 1 is 0.633 bits per heavy atom. The van der Waals surface area contributed by atoms with Gasteiger partial charge in [0, 0.05) is 47.0 Å². The topological polar surface area (TPSA) is 17.0 Å². The molecule has 0 saturated heterocycles. The van der Waals surface area contributed by atoms with Crippen LogP contribution in [-0.4, -0.2) is 7.11 Å². The maximum absolute atomic E-state index is 5.32. The molecule has 3 nitrogen and oxygen atoms in total. The second kappa shape index (κ2) is 8.11. The zero-order chi connectivity index (χ0) is 21.3. The first-order valence-electron chi connectivity index (χ1n) is 10.2. The number of nitrogens with zero attached hydrogens (tertiary/aromatic N) is 2. The van der Waals surface area contributed by atoms with E-state index in [4.69, 9.17) is 4.74 Å². The fourth-order valence-corrected chi connectivity index (χ4v) is 3.99. The van der Waals surface area contributed by atoms with Crippen LogP contribution in [0.3, 0.4) is 0 Å². The lowest BCUT2D eigenvalue weighted by atomic mass is 10.0. The molecule has 150 valence electrons. The third-order valence-electron chi connectivity index (χ3n) is 5.61. The van der Waals surface area contributed by atoms with Gasteiger partial charge in [-0.2, -0.15) is 9.13 Å². The molecule has 0 bridgehead atoms. The fourth-order valence-electron chi connectivity index (χ4n) is 3.99. The summed E-state index contributed by atoms with van der Waals surface area (Å²) in [5, 5.41) is 0. The molecule has 0 N–H and O–H groups in total. The zero-order valence-corrected chi connectivity index (χ0v) is 18.3. The van der Waals surface area contributed by atoms with Gasteiger partial charge in [-0.15, -0.1) is 0 Å². The van der Waals surface area contributed by atoms with Gasteiger partial charge in [0.2, 0.25) is 11.4 Å². The zero-order valence-electron chi connectivity index (χ0n) is 18.3. The molecular weight excluding hydrogens is 368 g/mol. The molecule has 3 heteroatoms. The van der Waals surface area contributed by atoms with E-state index in [1.165, 1.54) is 39.1 Å². The first kappa shape index (κ1) is 19.8. The number of aryl methyl sites for hydroxylation is 4. The molecule has 0 aliphatic rings. The van der Waals surface area contributed by atoms with Crippen LogP contribution < -0.4 is 13.9 Å². The first-order chi connectivity index (χ1) is 14.5. The van der Waals surface area contributed by atoms with E-state index >= 15 is 0 Å². The van der Waals surface area contributed by atoms with Crippen molar-refractivity contribution in [3.63, 3.8) is 0 Å². The maximum atomic E-state index is 5.32. The van der Waals surface area contributed by atoms with E-state index in [9.17, 15) is 0 Å². The summed E-state index contributed by atoms with van der Waals surface area (Å²) in [6.07, 6.45) is 8.60. The van der Waals surface area contributed by atoms with Crippen molar-refractivity contribution in [2.45, 2.75) is 27.7 Å². The predicted octanol–water partition coefficient (Wildman–Crippen LogP) is 5.15. The van der Waals surface area contributed by atoms with E-state index in [1.54, 1.807) is 7.11 Å². The molecule has 30 heavy (non-hydrogen) atoms. The summed E-state index contributed by atoms with van der Waals surface area (Å²) < 4.78 is 9.67. The van der Waals surface area contributed by atoms with Crippen LogP contribution in [0.5, 0.6) is 5.75 Å². The minimum atomic E-state index is 0.880. The number of hydrogen-bond acceptors (Lipinski definition) is 1. The number of benzene rings is 2. The Balaban J connectivity index is 1.65. The largest absolute Gasteiger partial charge is 0.497 e. The normalized spacial score (nSPS) is 10.8. The van der Waals surface area contributed by atoms with Crippen LogP contribution in [0.25, 0.3) is 22.5 Å². The van der Waals surface area contributed by atoms with Crippen molar-refractivity contribution >= 4 is 0 Å². The molecule has 0 radical (unpaired) electrons. The summed E-state index contributed by atoms with van der Waals surface area (Å²) in [6.45, 7) is 8.57. The number of ether oxygens (including phenoxy) is 1. The average Bonchev–Trinajstić information content (AvgIpc) is 2.74. The molecule has 2 aromatic heterocycles. The molecule has 0 unspecified atom stereocenters. The van der Waals surface area contributed by atoms with Crippen molar-refractivity contribution in [3.8, 4) is 28.3 Å². The van der Waals surface area contributed by atoms with Gasteiger partial charge < -0.3 is 4.74 Å². The monoisotopic (exact) mass is 396 g/mol.